The average molecular weight is 276 g/mol. The molecule has 0 fully saturated rings. The van der Waals surface area contributed by atoms with Crippen molar-refractivity contribution in [2.24, 2.45) is 0 Å². The molecular weight excluding hydrogens is 262 g/mol. The molecule has 1 aromatic carbocycles. The van der Waals surface area contributed by atoms with E-state index in [1.54, 1.807) is 24.3 Å². The quantitative estimate of drug-likeness (QED) is 0.818. The lowest BCUT2D eigenvalue weighted by atomic mass is 10.1. The van der Waals surface area contributed by atoms with Crippen LogP contribution in [0.5, 0.6) is 0 Å². The largest absolute Gasteiger partial charge is 0.351 e. The smallest absolute Gasteiger partial charge is 0.235 e. The van der Waals surface area contributed by atoms with E-state index in [9.17, 15) is 13.2 Å². The second-order valence-corrected chi connectivity index (χ2v) is 6.20. The van der Waals surface area contributed by atoms with Crippen LogP contribution in [0.2, 0.25) is 0 Å². The van der Waals surface area contributed by atoms with E-state index >= 15 is 0 Å². The van der Waals surface area contributed by atoms with Crippen LogP contribution < -0.4 is 5.32 Å². The van der Waals surface area contributed by atoms with Gasteiger partial charge < -0.3 is 5.32 Å². The number of rotatable bonds is 5. The molecule has 0 aromatic heterocycles. The van der Waals surface area contributed by atoms with Crippen LogP contribution in [0.1, 0.15) is 11.1 Å². The Morgan fingerprint density at radius 1 is 1.24 bits per heavy atom. The third-order valence-corrected chi connectivity index (χ3v) is 3.16. The predicted molar refractivity (Wildman–Crippen MR) is 67.6 cm³/mol. The topological polar surface area (TPSA) is 63.2 Å². The Morgan fingerprint density at radius 2 is 1.76 bits per heavy atom. The van der Waals surface area contributed by atoms with Gasteiger partial charge in [0.2, 0.25) is 5.91 Å². The second-order valence-electron chi connectivity index (χ2n) is 3.80. The van der Waals surface area contributed by atoms with Gasteiger partial charge in [0.1, 0.15) is 5.88 Å². The Morgan fingerprint density at radius 3 is 2.24 bits per heavy atom. The van der Waals surface area contributed by atoms with E-state index in [1.165, 1.54) is 6.26 Å². The van der Waals surface area contributed by atoms with Gasteiger partial charge in [-0.1, -0.05) is 24.3 Å². The molecule has 0 saturated heterocycles. The minimum absolute atomic E-state index is 0.0291. The van der Waals surface area contributed by atoms with Gasteiger partial charge in [-0.05, 0) is 11.1 Å². The van der Waals surface area contributed by atoms with E-state index in [4.69, 9.17) is 11.6 Å². The predicted octanol–water partition coefficient (Wildman–Crippen LogP) is 1.09. The first-order valence-corrected chi connectivity index (χ1v) is 7.58. The molecule has 4 nitrogen and oxygen atoms in total. The molecule has 0 aliphatic heterocycles. The number of sulfone groups is 1. The van der Waals surface area contributed by atoms with Crippen LogP contribution in [0, 0.1) is 0 Å². The van der Waals surface area contributed by atoms with Gasteiger partial charge in [-0.25, -0.2) is 8.42 Å². The molecule has 1 amide bonds. The van der Waals surface area contributed by atoms with Crippen LogP contribution >= 0.6 is 11.6 Å². The van der Waals surface area contributed by atoms with Gasteiger partial charge >= 0.3 is 0 Å². The minimum Gasteiger partial charge on any atom is -0.351 e. The maximum Gasteiger partial charge on any atom is 0.235 e. The Kier molecular flexibility index (Phi) is 4.96. The number of carbonyl (C=O) groups is 1. The van der Waals surface area contributed by atoms with E-state index in [-0.39, 0.29) is 17.5 Å². The Bertz CT molecular complexity index is 482. The van der Waals surface area contributed by atoms with Crippen molar-refractivity contribution in [2.75, 3.05) is 12.1 Å². The van der Waals surface area contributed by atoms with Gasteiger partial charge in [-0.3, -0.25) is 4.79 Å². The molecule has 0 bridgehead atoms. The zero-order valence-electron chi connectivity index (χ0n) is 9.44. The molecule has 6 heteroatoms. The van der Waals surface area contributed by atoms with E-state index in [0.29, 0.717) is 6.54 Å². The van der Waals surface area contributed by atoms with Crippen molar-refractivity contribution in [3.8, 4) is 0 Å². The lowest BCUT2D eigenvalue weighted by Crippen LogP contribution is -2.23. The zero-order chi connectivity index (χ0) is 12.9. The molecule has 0 atom stereocenters. The van der Waals surface area contributed by atoms with Gasteiger partial charge in [-0.15, -0.1) is 11.6 Å². The van der Waals surface area contributed by atoms with Crippen molar-refractivity contribution in [3.05, 3.63) is 35.4 Å². The highest BCUT2D eigenvalue weighted by atomic mass is 35.5. The Hall–Kier alpha value is -1.07. The number of hydrogen-bond donors (Lipinski definition) is 1. The van der Waals surface area contributed by atoms with Crippen LogP contribution in [-0.4, -0.2) is 26.5 Å². The molecule has 0 unspecified atom stereocenters. The monoisotopic (exact) mass is 275 g/mol. The fraction of sp³-hybridized carbons (Fsp3) is 0.364. The Balaban J connectivity index is 2.59. The molecular formula is C11H14ClNO3S. The fourth-order valence-corrected chi connectivity index (χ4v) is 2.20. The third kappa shape index (κ3) is 5.70. The van der Waals surface area contributed by atoms with Crippen LogP contribution in [0.3, 0.4) is 0 Å². The lowest BCUT2D eigenvalue weighted by Gasteiger charge is -2.04. The number of alkyl halides is 1. The highest BCUT2D eigenvalue weighted by Crippen LogP contribution is 2.07. The zero-order valence-corrected chi connectivity index (χ0v) is 11.0. The van der Waals surface area contributed by atoms with Crippen molar-refractivity contribution in [1.82, 2.24) is 5.32 Å². The van der Waals surface area contributed by atoms with Crippen molar-refractivity contribution >= 4 is 27.3 Å². The summed E-state index contributed by atoms with van der Waals surface area (Å²) in [5.41, 5.74) is 1.64. The first-order valence-electron chi connectivity index (χ1n) is 4.99. The van der Waals surface area contributed by atoms with E-state index in [2.05, 4.69) is 5.32 Å². The molecule has 1 rings (SSSR count). The molecule has 1 N–H and O–H groups in total. The summed E-state index contributed by atoms with van der Waals surface area (Å²) in [6.45, 7) is 0.394. The van der Waals surface area contributed by atoms with Crippen LogP contribution in [0.4, 0.5) is 0 Å². The van der Waals surface area contributed by atoms with E-state index in [1.807, 2.05) is 0 Å². The minimum atomic E-state index is -3.01. The van der Waals surface area contributed by atoms with Crippen molar-refractivity contribution in [3.63, 3.8) is 0 Å². The summed E-state index contributed by atoms with van der Waals surface area (Å²) in [6.07, 6.45) is 1.20. The standard InChI is InChI=1S/C11H14ClNO3S/c1-17(15,16)8-10-4-2-9(3-5-10)7-13-11(14)6-12/h2-5H,6-8H2,1H3,(H,13,14). The van der Waals surface area contributed by atoms with Crippen LogP contribution in [0.15, 0.2) is 24.3 Å². The summed E-state index contributed by atoms with van der Waals surface area (Å²) >= 11 is 5.34. The van der Waals surface area contributed by atoms with E-state index < -0.39 is 9.84 Å². The first kappa shape index (κ1) is 14.0. The number of amides is 1. The number of carbonyl (C=O) groups excluding carboxylic acids is 1. The normalized spacial score (nSPS) is 11.2. The molecule has 94 valence electrons. The SMILES string of the molecule is CS(=O)(=O)Cc1ccc(CNC(=O)CCl)cc1. The lowest BCUT2D eigenvalue weighted by molar-refractivity contribution is -0.118. The van der Waals surface area contributed by atoms with Crippen LogP contribution in [0.25, 0.3) is 0 Å². The molecule has 0 radical (unpaired) electrons. The molecule has 0 aliphatic carbocycles. The van der Waals surface area contributed by atoms with Gasteiger partial charge in [0.05, 0.1) is 5.75 Å². The third-order valence-electron chi connectivity index (χ3n) is 2.06. The van der Waals surface area contributed by atoms with Gasteiger partial charge in [0.25, 0.3) is 0 Å². The van der Waals surface area contributed by atoms with E-state index in [0.717, 1.165) is 11.1 Å². The maximum absolute atomic E-state index is 11.1. The number of nitrogens with one attached hydrogen (secondary N) is 1. The molecule has 0 aliphatic rings. The Labute approximate surface area is 106 Å². The molecule has 17 heavy (non-hydrogen) atoms. The maximum atomic E-state index is 11.1. The summed E-state index contributed by atoms with van der Waals surface area (Å²) < 4.78 is 22.1. The summed E-state index contributed by atoms with van der Waals surface area (Å²) in [6, 6.07) is 7.05. The molecule has 0 saturated carbocycles. The summed E-state index contributed by atoms with van der Waals surface area (Å²) in [4.78, 5) is 10.9. The second kappa shape index (κ2) is 6.02. The highest BCUT2D eigenvalue weighted by Gasteiger charge is 2.04. The molecule has 0 spiro atoms. The van der Waals surface area contributed by atoms with Gasteiger partial charge in [0, 0.05) is 12.8 Å². The fourth-order valence-electron chi connectivity index (χ4n) is 1.30. The summed E-state index contributed by atoms with van der Waals surface area (Å²) in [5, 5.41) is 2.63. The summed E-state index contributed by atoms with van der Waals surface area (Å²) in [7, 11) is -3.01. The van der Waals surface area contributed by atoms with Crippen molar-refractivity contribution < 1.29 is 13.2 Å². The van der Waals surface area contributed by atoms with Crippen molar-refractivity contribution in [1.29, 1.82) is 0 Å². The average Bonchev–Trinajstić information content (AvgIpc) is 2.25. The van der Waals surface area contributed by atoms with Crippen molar-refractivity contribution in [2.45, 2.75) is 12.3 Å². The number of benzene rings is 1. The number of hydrogen-bond acceptors (Lipinski definition) is 3. The van der Waals surface area contributed by atoms with Gasteiger partial charge in [0.15, 0.2) is 9.84 Å². The summed E-state index contributed by atoms with van der Waals surface area (Å²) in [5.74, 6) is -0.264. The molecule has 1 aromatic rings. The van der Waals surface area contributed by atoms with Gasteiger partial charge in [-0.2, -0.15) is 0 Å². The molecule has 0 heterocycles. The number of halogens is 1. The first-order chi connectivity index (χ1) is 7.90. The van der Waals surface area contributed by atoms with Crippen LogP contribution in [-0.2, 0) is 26.9 Å². The highest BCUT2D eigenvalue weighted by molar-refractivity contribution is 7.89.